The molecule has 1 amide bonds. The molecule has 1 aromatic carbocycles. The van der Waals surface area contributed by atoms with Crippen molar-refractivity contribution in [1.82, 2.24) is 10.2 Å². The second-order valence-electron chi connectivity index (χ2n) is 6.35. The summed E-state index contributed by atoms with van der Waals surface area (Å²) in [5.74, 6) is 0.894. The van der Waals surface area contributed by atoms with Crippen LogP contribution in [0.1, 0.15) is 25.5 Å². The van der Waals surface area contributed by atoms with E-state index >= 15 is 0 Å². The van der Waals surface area contributed by atoms with Gasteiger partial charge in [0.25, 0.3) is 15.9 Å². The number of ether oxygens (including phenoxy) is 2. The maximum atomic E-state index is 12.8. The average Bonchev–Trinajstić information content (AvgIpc) is 2.67. The summed E-state index contributed by atoms with van der Waals surface area (Å²) in [4.78, 5) is 14.5. The van der Waals surface area contributed by atoms with Crippen molar-refractivity contribution in [3.05, 3.63) is 47.7 Å². The number of nitrogens with zero attached hydrogens (tertiary/aromatic N) is 2. The highest BCUT2D eigenvalue weighted by molar-refractivity contribution is 7.90. The summed E-state index contributed by atoms with van der Waals surface area (Å²) in [6, 6.07) is 5.11. The number of sulfonamides is 1. The third-order valence-corrected chi connectivity index (χ3v) is 5.59. The number of amides is 1. The molecule has 0 spiro atoms. The molecule has 3 rings (SSSR count). The summed E-state index contributed by atoms with van der Waals surface area (Å²) in [5.41, 5.74) is 1.05. The topological polar surface area (TPSA) is 97.3 Å². The van der Waals surface area contributed by atoms with E-state index in [9.17, 15) is 13.2 Å². The molecule has 0 aromatic heterocycles. The van der Waals surface area contributed by atoms with Crippen LogP contribution >= 0.6 is 0 Å². The van der Waals surface area contributed by atoms with Gasteiger partial charge in [0.05, 0.1) is 31.1 Å². The fourth-order valence-corrected chi connectivity index (χ4v) is 3.96. The van der Waals surface area contributed by atoms with Crippen molar-refractivity contribution in [2.24, 2.45) is 4.40 Å². The molecule has 0 fully saturated rings. The smallest absolute Gasteiger partial charge is 0.256 e. The first-order chi connectivity index (χ1) is 13.3. The van der Waals surface area contributed by atoms with Gasteiger partial charge in [0.15, 0.2) is 17.3 Å². The van der Waals surface area contributed by atoms with Crippen molar-refractivity contribution in [1.29, 1.82) is 0 Å². The van der Waals surface area contributed by atoms with Crippen molar-refractivity contribution in [3.63, 3.8) is 0 Å². The SMILES string of the molecule is CCOc1ccc(C(C)NC(=O)C2=CC=CN3CCS(=O)(=O)N=C23)cc1OC. The Morgan fingerprint density at radius 1 is 1.36 bits per heavy atom. The third kappa shape index (κ3) is 4.19. The number of hydrogen-bond acceptors (Lipinski definition) is 6. The molecule has 2 heterocycles. The van der Waals surface area contributed by atoms with Gasteiger partial charge in [0.2, 0.25) is 0 Å². The minimum Gasteiger partial charge on any atom is -0.493 e. The molecule has 28 heavy (non-hydrogen) atoms. The van der Waals surface area contributed by atoms with E-state index in [1.54, 1.807) is 42.5 Å². The average molecular weight is 405 g/mol. The van der Waals surface area contributed by atoms with E-state index in [1.165, 1.54) is 0 Å². The van der Waals surface area contributed by atoms with Crippen molar-refractivity contribution in [2.45, 2.75) is 19.9 Å². The molecule has 9 heteroatoms. The van der Waals surface area contributed by atoms with E-state index in [-0.39, 0.29) is 29.7 Å². The normalized spacial score (nSPS) is 18.5. The molecule has 1 aromatic rings. The van der Waals surface area contributed by atoms with Crippen molar-refractivity contribution >= 4 is 21.8 Å². The van der Waals surface area contributed by atoms with Crippen LogP contribution < -0.4 is 14.8 Å². The fourth-order valence-electron chi connectivity index (χ4n) is 2.98. The standard InChI is InChI=1S/C19H23N3O5S/c1-4-27-16-8-7-14(12-17(16)26-3)13(2)20-19(23)15-6-5-9-22-10-11-28(24,25)21-18(15)22/h5-9,12-13H,4,10-11H2,1-3H3,(H,20,23). The van der Waals surface area contributed by atoms with Crippen molar-refractivity contribution in [3.8, 4) is 11.5 Å². The predicted molar refractivity (Wildman–Crippen MR) is 106 cm³/mol. The lowest BCUT2D eigenvalue weighted by molar-refractivity contribution is -0.117. The molecule has 2 aliphatic rings. The van der Waals surface area contributed by atoms with Crippen LogP contribution in [0.2, 0.25) is 0 Å². The Balaban J connectivity index is 1.80. The zero-order chi connectivity index (χ0) is 20.3. The van der Waals surface area contributed by atoms with Gasteiger partial charge in [-0.1, -0.05) is 6.07 Å². The number of nitrogens with one attached hydrogen (secondary N) is 1. The fraction of sp³-hybridized carbons (Fsp3) is 0.368. The number of methoxy groups -OCH3 is 1. The monoisotopic (exact) mass is 405 g/mol. The lowest BCUT2D eigenvalue weighted by atomic mass is 10.1. The molecule has 0 aliphatic carbocycles. The summed E-state index contributed by atoms with van der Waals surface area (Å²) in [6.45, 7) is 4.52. The highest BCUT2D eigenvalue weighted by atomic mass is 32.2. The quantitative estimate of drug-likeness (QED) is 0.775. The lowest BCUT2D eigenvalue weighted by Gasteiger charge is -2.29. The largest absolute Gasteiger partial charge is 0.493 e. The van der Waals surface area contributed by atoms with Crippen LogP contribution in [0.3, 0.4) is 0 Å². The van der Waals surface area contributed by atoms with Crippen LogP contribution in [-0.2, 0) is 14.8 Å². The Hall–Kier alpha value is -2.81. The zero-order valence-electron chi connectivity index (χ0n) is 16.0. The second-order valence-corrected chi connectivity index (χ2v) is 8.11. The molecular formula is C19H23N3O5S. The Morgan fingerprint density at radius 2 is 2.14 bits per heavy atom. The van der Waals surface area contributed by atoms with Gasteiger partial charge < -0.3 is 19.7 Å². The molecule has 150 valence electrons. The molecule has 1 N–H and O–H groups in total. The summed E-state index contributed by atoms with van der Waals surface area (Å²) in [6.07, 6.45) is 4.98. The Morgan fingerprint density at radius 3 is 2.86 bits per heavy atom. The number of carbonyl (C=O) groups excluding carboxylic acids is 1. The zero-order valence-corrected chi connectivity index (χ0v) is 16.8. The third-order valence-electron chi connectivity index (χ3n) is 4.44. The summed E-state index contributed by atoms with van der Waals surface area (Å²) >= 11 is 0. The van der Waals surface area contributed by atoms with E-state index < -0.39 is 15.9 Å². The molecule has 2 aliphatic heterocycles. The first kappa shape index (κ1) is 19.9. The van der Waals surface area contributed by atoms with Gasteiger partial charge in [-0.25, -0.2) is 8.42 Å². The Labute approximate surface area is 164 Å². The van der Waals surface area contributed by atoms with Crippen molar-refractivity contribution in [2.75, 3.05) is 26.0 Å². The lowest BCUT2D eigenvalue weighted by Crippen LogP contribution is -2.42. The van der Waals surface area contributed by atoms with Gasteiger partial charge in [-0.3, -0.25) is 4.79 Å². The van der Waals surface area contributed by atoms with Gasteiger partial charge in [0.1, 0.15) is 0 Å². The second kappa shape index (κ2) is 8.05. The summed E-state index contributed by atoms with van der Waals surface area (Å²) in [7, 11) is -2.00. The highest BCUT2D eigenvalue weighted by Crippen LogP contribution is 2.30. The molecule has 1 atom stereocenters. The summed E-state index contributed by atoms with van der Waals surface area (Å²) < 4.78 is 38.3. The van der Waals surface area contributed by atoms with E-state index in [1.807, 2.05) is 19.9 Å². The van der Waals surface area contributed by atoms with Crippen LogP contribution in [0.5, 0.6) is 11.5 Å². The minimum absolute atomic E-state index is 0.0713. The van der Waals surface area contributed by atoms with Gasteiger partial charge in [-0.15, -0.1) is 4.40 Å². The minimum atomic E-state index is -3.56. The number of rotatable bonds is 6. The number of allylic oxidation sites excluding steroid dienone is 2. The number of amidine groups is 1. The van der Waals surface area contributed by atoms with Crippen LogP contribution in [0, 0.1) is 0 Å². The molecule has 0 saturated carbocycles. The molecular weight excluding hydrogens is 382 g/mol. The molecule has 0 saturated heterocycles. The van der Waals surface area contributed by atoms with Gasteiger partial charge in [-0.2, -0.15) is 0 Å². The van der Waals surface area contributed by atoms with Crippen molar-refractivity contribution < 1.29 is 22.7 Å². The highest BCUT2D eigenvalue weighted by Gasteiger charge is 2.30. The number of benzene rings is 1. The summed E-state index contributed by atoms with van der Waals surface area (Å²) in [5, 5.41) is 2.89. The van der Waals surface area contributed by atoms with E-state index in [0.29, 0.717) is 18.1 Å². The Kier molecular flexibility index (Phi) is 5.73. The van der Waals surface area contributed by atoms with Crippen LogP contribution in [-0.4, -0.2) is 51.1 Å². The molecule has 0 radical (unpaired) electrons. The number of hydrogen-bond donors (Lipinski definition) is 1. The van der Waals surface area contributed by atoms with Crippen LogP contribution in [0.15, 0.2) is 46.5 Å². The predicted octanol–water partition coefficient (Wildman–Crippen LogP) is 1.77. The van der Waals surface area contributed by atoms with Gasteiger partial charge in [0, 0.05) is 12.7 Å². The molecule has 8 nitrogen and oxygen atoms in total. The van der Waals surface area contributed by atoms with Gasteiger partial charge in [-0.05, 0) is 43.7 Å². The number of carbonyl (C=O) groups is 1. The maximum absolute atomic E-state index is 12.8. The first-order valence-corrected chi connectivity index (χ1v) is 10.5. The van der Waals surface area contributed by atoms with Crippen LogP contribution in [0.4, 0.5) is 0 Å². The van der Waals surface area contributed by atoms with E-state index in [2.05, 4.69) is 9.71 Å². The number of fused-ring (bicyclic) bond motifs is 1. The molecule has 1 unspecified atom stereocenters. The van der Waals surface area contributed by atoms with E-state index in [0.717, 1.165) is 5.56 Å². The first-order valence-electron chi connectivity index (χ1n) is 8.94. The maximum Gasteiger partial charge on any atom is 0.256 e. The molecule has 0 bridgehead atoms. The van der Waals surface area contributed by atoms with E-state index in [4.69, 9.17) is 9.47 Å². The Bertz CT molecular complexity index is 966. The van der Waals surface area contributed by atoms with Gasteiger partial charge >= 0.3 is 0 Å². The van der Waals surface area contributed by atoms with Crippen LogP contribution in [0.25, 0.3) is 0 Å².